The lowest BCUT2D eigenvalue weighted by Crippen LogP contribution is -2.46. The number of aromatic nitrogens is 2. The van der Waals surface area contributed by atoms with Crippen molar-refractivity contribution < 1.29 is 9.90 Å². The summed E-state index contributed by atoms with van der Waals surface area (Å²) in [5.41, 5.74) is 0.0339. The highest BCUT2D eigenvalue weighted by atomic mass is 79.9. The standard InChI is InChI=1S/C16H17BrClN3O3/c17-11-6-13-9(4-12(11)18)7-21(16(24)20-13)8-10(22)5-14-15(23)2-1-3-19-14/h4,6-7,14-15,19,23H,1-3,5,8H2. The van der Waals surface area contributed by atoms with E-state index < -0.39 is 11.8 Å². The fourth-order valence-electron chi connectivity index (χ4n) is 2.90. The van der Waals surface area contributed by atoms with Gasteiger partial charge in [0.2, 0.25) is 0 Å². The molecule has 1 fully saturated rings. The maximum absolute atomic E-state index is 12.3. The number of nitrogens with one attached hydrogen (secondary N) is 1. The first kappa shape index (κ1) is 17.5. The molecule has 0 spiro atoms. The fraction of sp³-hybridized carbons (Fsp3) is 0.438. The number of hydrogen-bond donors (Lipinski definition) is 2. The molecule has 1 saturated heterocycles. The minimum absolute atomic E-state index is 0.0691. The molecule has 2 aromatic rings. The number of aliphatic hydroxyl groups is 1. The van der Waals surface area contributed by atoms with Crippen LogP contribution in [-0.2, 0) is 11.3 Å². The second-order valence-electron chi connectivity index (χ2n) is 5.99. The van der Waals surface area contributed by atoms with Crippen LogP contribution in [0, 0.1) is 0 Å². The van der Waals surface area contributed by atoms with Gasteiger partial charge in [-0.05, 0) is 47.4 Å². The highest BCUT2D eigenvalue weighted by molar-refractivity contribution is 9.10. The molecule has 0 bridgehead atoms. The van der Waals surface area contributed by atoms with E-state index in [0.717, 1.165) is 13.0 Å². The number of ketones is 1. The molecule has 2 N–H and O–H groups in total. The van der Waals surface area contributed by atoms with Gasteiger partial charge in [-0.15, -0.1) is 0 Å². The van der Waals surface area contributed by atoms with E-state index in [2.05, 4.69) is 26.2 Å². The van der Waals surface area contributed by atoms with E-state index in [0.29, 0.717) is 26.8 Å². The van der Waals surface area contributed by atoms with Gasteiger partial charge in [-0.25, -0.2) is 4.79 Å². The van der Waals surface area contributed by atoms with Crippen LogP contribution in [-0.4, -0.2) is 39.1 Å². The average Bonchev–Trinajstić information content (AvgIpc) is 2.52. The van der Waals surface area contributed by atoms with Gasteiger partial charge in [-0.2, -0.15) is 4.98 Å². The van der Waals surface area contributed by atoms with Crippen molar-refractivity contribution in [1.82, 2.24) is 14.9 Å². The summed E-state index contributed by atoms with van der Waals surface area (Å²) in [4.78, 5) is 28.4. The van der Waals surface area contributed by atoms with E-state index in [4.69, 9.17) is 11.6 Å². The summed E-state index contributed by atoms with van der Waals surface area (Å²) in [5, 5.41) is 14.3. The molecule has 6 nitrogen and oxygen atoms in total. The molecule has 0 radical (unpaired) electrons. The topological polar surface area (TPSA) is 84.2 Å². The maximum atomic E-state index is 12.3. The molecule has 1 aromatic carbocycles. The fourth-order valence-corrected chi connectivity index (χ4v) is 3.40. The van der Waals surface area contributed by atoms with Gasteiger partial charge in [0, 0.05) is 28.5 Å². The first-order chi connectivity index (χ1) is 11.4. The zero-order chi connectivity index (χ0) is 17.3. The van der Waals surface area contributed by atoms with Crippen molar-refractivity contribution in [3.63, 3.8) is 0 Å². The summed E-state index contributed by atoms with van der Waals surface area (Å²) in [6, 6.07) is 3.12. The Kier molecular flexibility index (Phi) is 5.34. The lowest BCUT2D eigenvalue weighted by Gasteiger charge is -2.28. The van der Waals surface area contributed by atoms with Crippen LogP contribution in [0.3, 0.4) is 0 Å². The van der Waals surface area contributed by atoms with Gasteiger partial charge >= 0.3 is 5.69 Å². The number of fused-ring (bicyclic) bond motifs is 1. The van der Waals surface area contributed by atoms with Gasteiger partial charge in [0.15, 0.2) is 5.78 Å². The van der Waals surface area contributed by atoms with Crippen molar-refractivity contribution >= 4 is 44.2 Å². The first-order valence-electron chi connectivity index (χ1n) is 7.73. The Balaban J connectivity index is 1.79. The summed E-state index contributed by atoms with van der Waals surface area (Å²) in [6.45, 7) is 0.722. The molecule has 2 heterocycles. The Bertz CT molecular complexity index is 839. The molecule has 1 aliphatic rings. The molecule has 2 unspecified atom stereocenters. The van der Waals surface area contributed by atoms with Crippen molar-refractivity contribution in [2.24, 2.45) is 0 Å². The Labute approximate surface area is 152 Å². The average molecular weight is 415 g/mol. The van der Waals surface area contributed by atoms with Crippen molar-refractivity contribution in [2.45, 2.75) is 38.0 Å². The molecule has 8 heteroatoms. The lowest BCUT2D eigenvalue weighted by molar-refractivity contribution is -0.121. The first-order valence-corrected chi connectivity index (χ1v) is 8.90. The number of nitrogens with zero attached hydrogens (tertiary/aromatic N) is 2. The predicted octanol–water partition coefficient (Wildman–Crippen LogP) is 1.88. The quantitative estimate of drug-likeness (QED) is 0.798. The van der Waals surface area contributed by atoms with E-state index in [-0.39, 0.29) is 24.8 Å². The summed E-state index contributed by atoms with van der Waals surface area (Å²) in [6.07, 6.45) is 2.84. The van der Waals surface area contributed by atoms with Gasteiger partial charge in [-0.3, -0.25) is 9.36 Å². The van der Waals surface area contributed by atoms with Crippen molar-refractivity contribution in [3.8, 4) is 0 Å². The number of carbonyl (C=O) groups is 1. The van der Waals surface area contributed by atoms with E-state index >= 15 is 0 Å². The van der Waals surface area contributed by atoms with Crippen LogP contribution >= 0.6 is 27.5 Å². The summed E-state index contributed by atoms with van der Waals surface area (Å²) in [7, 11) is 0. The third kappa shape index (κ3) is 3.85. The van der Waals surface area contributed by atoms with E-state index in [1.807, 2.05) is 0 Å². The Morgan fingerprint density at radius 3 is 3.04 bits per heavy atom. The smallest absolute Gasteiger partial charge is 0.348 e. The lowest BCUT2D eigenvalue weighted by atomic mass is 9.97. The molecule has 128 valence electrons. The number of piperidine rings is 1. The number of Topliss-reactive ketones (excluding diaryl/α,β-unsaturated/α-hetero) is 1. The van der Waals surface area contributed by atoms with Gasteiger partial charge < -0.3 is 10.4 Å². The Hall–Kier alpha value is -1.28. The second kappa shape index (κ2) is 7.31. The van der Waals surface area contributed by atoms with E-state index in [1.54, 1.807) is 18.3 Å². The highest BCUT2D eigenvalue weighted by Crippen LogP contribution is 2.26. The van der Waals surface area contributed by atoms with Gasteiger partial charge in [-0.1, -0.05) is 11.6 Å². The highest BCUT2D eigenvalue weighted by Gasteiger charge is 2.25. The van der Waals surface area contributed by atoms with Crippen molar-refractivity contribution in [1.29, 1.82) is 0 Å². The molecular weight excluding hydrogens is 398 g/mol. The molecule has 0 saturated carbocycles. The van der Waals surface area contributed by atoms with Crippen LogP contribution in [0.25, 0.3) is 10.9 Å². The minimum Gasteiger partial charge on any atom is -0.391 e. The van der Waals surface area contributed by atoms with Crippen LogP contribution in [0.1, 0.15) is 19.3 Å². The second-order valence-corrected chi connectivity index (χ2v) is 7.25. The van der Waals surface area contributed by atoms with Crippen LogP contribution in [0.2, 0.25) is 5.02 Å². The number of carbonyl (C=O) groups excluding carboxylic acids is 1. The number of hydrogen-bond acceptors (Lipinski definition) is 5. The summed E-state index contributed by atoms with van der Waals surface area (Å²) < 4.78 is 1.94. The largest absolute Gasteiger partial charge is 0.391 e. The molecule has 1 aliphatic heterocycles. The molecule has 0 amide bonds. The molecule has 24 heavy (non-hydrogen) atoms. The normalized spacial score (nSPS) is 21.1. The zero-order valence-electron chi connectivity index (χ0n) is 12.8. The van der Waals surface area contributed by atoms with Crippen molar-refractivity contribution in [2.75, 3.05) is 6.54 Å². The van der Waals surface area contributed by atoms with Gasteiger partial charge in [0.1, 0.15) is 0 Å². The van der Waals surface area contributed by atoms with E-state index in [9.17, 15) is 14.7 Å². The Morgan fingerprint density at radius 1 is 1.50 bits per heavy atom. The van der Waals surface area contributed by atoms with Crippen LogP contribution < -0.4 is 11.0 Å². The van der Waals surface area contributed by atoms with Crippen molar-refractivity contribution in [3.05, 3.63) is 38.3 Å². The van der Waals surface area contributed by atoms with Gasteiger partial charge in [0.05, 0.1) is 23.2 Å². The van der Waals surface area contributed by atoms with E-state index in [1.165, 1.54) is 4.57 Å². The summed E-state index contributed by atoms with van der Waals surface area (Å²) >= 11 is 9.36. The number of halogens is 2. The van der Waals surface area contributed by atoms with Crippen LogP contribution in [0.4, 0.5) is 0 Å². The van der Waals surface area contributed by atoms with Crippen LogP contribution in [0.5, 0.6) is 0 Å². The monoisotopic (exact) mass is 413 g/mol. The molecule has 2 atom stereocenters. The van der Waals surface area contributed by atoms with Crippen LogP contribution in [0.15, 0.2) is 27.6 Å². The minimum atomic E-state index is -0.523. The molecular formula is C16H17BrClN3O3. The number of benzene rings is 1. The zero-order valence-corrected chi connectivity index (χ0v) is 15.2. The summed E-state index contributed by atoms with van der Waals surface area (Å²) in [5.74, 6) is -0.125. The number of rotatable bonds is 4. The predicted molar refractivity (Wildman–Crippen MR) is 95.4 cm³/mol. The molecule has 1 aromatic heterocycles. The SMILES string of the molecule is O=C(CC1NCCCC1O)Cn1cc2cc(Cl)c(Br)cc2nc1=O. The third-order valence-electron chi connectivity index (χ3n) is 4.17. The Morgan fingerprint density at radius 2 is 2.29 bits per heavy atom. The molecule has 3 rings (SSSR count). The number of aliphatic hydroxyl groups excluding tert-OH is 1. The maximum Gasteiger partial charge on any atom is 0.348 e. The molecule has 0 aliphatic carbocycles. The third-order valence-corrected chi connectivity index (χ3v) is 5.37. The van der Waals surface area contributed by atoms with Gasteiger partial charge in [0.25, 0.3) is 0 Å².